The summed E-state index contributed by atoms with van der Waals surface area (Å²) < 4.78 is 0. The fraction of sp³-hybridized carbons (Fsp3) is 0.417. The van der Waals surface area contributed by atoms with Gasteiger partial charge in [0.05, 0.1) is 0 Å². The van der Waals surface area contributed by atoms with Crippen molar-refractivity contribution in [2.45, 2.75) is 27.2 Å². The van der Waals surface area contributed by atoms with Crippen LogP contribution < -0.4 is 5.32 Å². The molecule has 2 nitrogen and oxygen atoms in total. The van der Waals surface area contributed by atoms with Crippen LogP contribution in [0.15, 0.2) is 24.3 Å². The van der Waals surface area contributed by atoms with E-state index < -0.39 is 0 Å². The Morgan fingerprint density at radius 3 is 2.50 bits per heavy atom. The number of nitrogens with one attached hydrogen (secondary N) is 1. The molecule has 1 rings (SSSR count). The molecule has 0 radical (unpaired) electrons. The largest absolute Gasteiger partial charge is 0.358 e. The second kappa shape index (κ2) is 8.30. The minimum atomic E-state index is 0.717. The zero-order chi connectivity index (χ0) is 10.8. The first-order valence-corrected chi connectivity index (χ1v) is 5.06. The molecule has 0 aromatic heterocycles. The molecule has 1 aromatic carbocycles. The Morgan fingerprint density at radius 1 is 1.29 bits per heavy atom. The molecular weight excluding hydrogens is 174 g/mol. The predicted octanol–water partition coefficient (Wildman–Crippen LogP) is 2.31. The Hall–Kier alpha value is -1.31. The van der Waals surface area contributed by atoms with E-state index in [9.17, 15) is 4.79 Å². The molecule has 1 amide bonds. The second-order valence-electron chi connectivity index (χ2n) is 2.75. The number of benzene rings is 1. The first kappa shape index (κ1) is 12.7. The Bertz CT molecular complexity index is 258. The number of amides is 1. The molecule has 0 heterocycles. The summed E-state index contributed by atoms with van der Waals surface area (Å²) in [4.78, 5) is 9.97. The maximum absolute atomic E-state index is 9.97. The molecule has 14 heavy (non-hydrogen) atoms. The zero-order valence-corrected chi connectivity index (χ0v) is 9.21. The van der Waals surface area contributed by atoms with E-state index >= 15 is 0 Å². The molecule has 0 bridgehead atoms. The third-order valence-corrected chi connectivity index (χ3v) is 1.88. The number of carbonyl (C=O) groups excluding carboxylic acids is 1. The van der Waals surface area contributed by atoms with E-state index in [2.05, 4.69) is 24.4 Å². The molecule has 0 atom stereocenters. The molecule has 0 saturated carbocycles. The lowest BCUT2D eigenvalue weighted by Crippen LogP contribution is -2.14. The van der Waals surface area contributed by atoms with Crippen LogP contribution in [0.25, 0.3) is 0 Å². The van der Waals surface area contributed by atoms with Crippen molar-refractivity contribution in [1.82, 2.24) is 5.32 Å². The lowest BCUT2D eigenvalue weighted by molar-refractivity contribution is -0.109. The summed E-state index contributed by atoms with van der Waals surface area (Å²) in [5, 5.41) is 2.64. The molecular formula is C12H19NO. The van der Waals surface area contributed by atoms with E-state index in [4.69, 9.17) is 0 Å². The molecule has 0 fully saturated rings. The summed E-state index contributed by atoms with van der Waals surface area (Å²) in [6, 6.07) is 8.20. The van der Waals surface area contributed by atoms with Crippen molar-refractivity contribution < 1.29 is 4.79 Å². The summed E-state index contributed by atoms with van der Waals surface area (Å²) in [5.74, 6) is 0. The van der Waals surface area contributed by atoms with E-state index in [1.807, 2.05) is 26.0 Å². The van der Waals surface area contributed by atoms with Crippen molar-refractivity contribution in [3.8, 4) is 0 Å². The lowest BCUT2D eigenvalue weighted by atomic mass is 10.1. The summed E-state index contributed by atoms with van der Waals surface area (Å²) in [6.45, 7) is 6.80. The SMILES string of the molecule is CC.Cc1ccccc1CCNC=O. The molecule has 1 aromatic rings. The normalized spacial score (nSPS) is 8.50. The molecule has 0 spiro atoms. The topological polar surface area (TPSA) is 29.1 Å². The van der Waals surface area contributed by atoms with Gasteiger partial charge in [0.15, 0.2) is 0 Å². The van der Waals surface area contributed by atoms with Crippen LogP contribution in [-0.4, -0.2) is 13.0 Å². The van der Waals surface area contributed by atoms with Crippen molar-refractivity contribution in [3.63, 3.8) is 0 Å². The van der Waals surface area contributed by atoms with Crippen molar-refractivity contribution in [1.29, 1.82) is 0 Å². The van der Waals surface area contributed by atoms with Gasteiger partial charge in [-0.2, -0.15) is 0 Å². The number of rotatable bonds is 4. The maximum atomic E-state index is 9.97. The van der Waals surface area contributed by atoms with Gasteiger partial charge in [-0.3, -0.25) is 4.79 Å². The van der Waals surface area contributed by atoms with Crippen LogP contribution in [-0.2, 0) is 11.2 Å². The molecule has 1 N–H and O–H groups in total. The minimum absolute atomic E-state index is 0.717. The van der Waals surface area contributed by atoms with Gasteiger partial charge in [0, 0.05) is 6.54 Å². The van der Waals surface area contributed by atoms with Gasteiger partial charge in [0.25, 0.3) is 0 Å². The van der Waals surface area contributed by atoms with Gasteiger partial charge < -0.3 is 5.32 Å². The Kier molecular flexibility index (Phi) is 7.52. The molecule has 78 valence electrons. The smallest absolute Gasteiger partial charge is 0.207 e. The van der Waals surface area contributed by atoms with Crippen LogP contribution in [0.4, 0.5) is 0 Å². The van der Waals surface area contributed by atoms with Crippen molar-refractivity contribution in [3.05, 3.63) is 35.4 Å². The van der Waals surface area contributed by atoms with Crippen LogP contribution in [0.1, 0.15) is 25.0 Å². The van der Waals surface area contributed by atoms with E-state index in [1.165, 1.54) is 11.1 Å². The van der Waals surface area contributed by atoms with Gasteiger partial charge in [0.2, 0.25) is 6.41 Å². The van der Waals surface area contributed by atoms with Crippen molar-refractivity contribution in [2.24, 2.45) is 0 Å². The predicted molar refractivity (Wildman–Crippen MR) is 60.3 cm³/mol. The van der Waals surface area contributed by atoms with Crippen LogP contribution >= 0.6 is 0 Å². The molecule has 2 heteroatoms. The number of carbonyl (C=O) groups is 1. The summed E-state index contributed by atoms with van der Waals surface area (Å²) in [7, 11) is 0. The highest BCUT2D eigenvalue weighted by molar-refractivity contribution is 5.45. The van der Waals surface area contributed by atoms with Gasteiger partial charge in [-0.1, -0.05) is 38.1 Å². The third kappa shape index (κ3) is 4.65. The fourth-order valence-corrected chi connectivity index (χ4v) is 1.16. The van der Waals surface area contributed by atoms with Gasteiger partial charge in [-0.05, 0) is 24.5 Å². The van der Waals surface area contributed by atoms with Gasteiger partial charge >= 0.3 is 0 Å². The summed E-state index contributed by atoms with van der Waals surface area (Å²) in [6.07, 6.45) is 1.64. The molecule has 0 aliphatic rings. The zero-order valence-electron chi connectivity index (χ0n) is 9.21. The van der Waals surface area contributed by atoms with Crippen molar-refractivity contribution >= 4 is 6.41 Å². The van der Waals surface area contributed by atoms with E-state index in [1.54, 1.807) is 0 Å². The number of aryl methyl sites for hydroxylation is 1. The highest BCUT2D eigenvalue weighted by Crippen LogP contribution is 2.06. The average Bonchev–Trinajstić information content (AvgIpc) is 2.24. The van der Waals surface area contributed by atoms with Crippen LogP contribution in [0.3, 0.4) is 0 Å². The Labute approximate surface area is 86.3 Å². The van der Waals surface area contributed by atoms with Crippen LogP contribution in [0, 0.1) is 6.92 Å². The third-order valence-electron chi connectivity index (χ3n) is 1.88. The molecule has 0 unspecified atom stereocenters. The second-order valence-corrected chi connectivity index (χ2v) is 2.75. The first-order valence-electron chi connectivity index (χ1n) is 5.06. The van der Waals surface area contributed by atoms with E-state index in [-0.39, 0.29) is 0 Å². The quantitative estimate of drug-likeness (QED) is 0.577. The van der Waals surface area contributed by atoms with Crippen LogP contribution in [0.2, 0.25) is 0 Å². The number of hydrogen-bond acceptors (Lipinski definition) is 1. The monoisotopic (exact) mass is 193 g/mol. The summed E-state index contributed by atoms with van der Waals surface area (Å²) in [5.41, 5.74) is 2.58. The Balaban J connectivity index is 0.000000791. The lowest BCUT2D eigenvalue weighted by Gasteiger charge is -2.03. The minimum Gasteiger partial charge on any atom is -0.358 e. The fourth-order valence-electron chi connectivity index (χ4n) is 1.16. The first-order chi connectivity index (χ1) is 6.84. The van der Waals surface area contributed by atoms with Gasteiger partial charge in [-0.15, -0.1) is 0 Å². The highest BCUT2D eigenvalue weighted by Gasteiger charge is 1.94. The van der Waals surface area contributed by atoms with E-state index in [0.717, 1.165) is 12.8 Å². The highest BCUT2D eigenvalue weighted by atomic mass is 16.1. The standard InChI is InChI=1S/C10H13NO.C2H6/c1-9-4-2-3-5-10(9)6-7-11-8-12;1-2/h2-5,8H,6-7H2,1H3,(H,11,12);1-2H3. The van der Waals surface area contributed by atoms with E-state index in [0.29, 0.717) is 6.54 Å². The van der Waals surface area contributed by atoms with Gasteiger partial charge in [-0.25, -0.2) is 0 Å². The summed E-state index contributed by atoms with van der Waals surface area (Å²) >= 11 is 0. The molecule has 0 saturated heterocycles. The average molecular weight is 193 g/mol. The maximum Gasteiger partial charge on any atom is 0.207 e. The molecule has 0 aliphatic carbocycles. The Morgan fingerprint density at radius 2 is 1.93 bits per heavy atom. The van der Waals surface area contributed by atoms with Crippen LogP contribution in [0.5, 0.6) is 0 Å². The number of hydrogen-bond donors (Lipinski definition) is 1. The van der Waals surface area contributed by atoms with Crippen molar-refractivity contribution in [2.75, 3.05) is 6.54 Å². The molecule has 0 aliphatic heterocycles. The van der Waals surface area contributed by atoms with Gasteiger partial charge in [0.1, 0.15) is 0 Å².